The number of halogens is 1. The van der Waals surface area contributed by atoms with E-state index >= 15 is 0 Å². The molecule has 0 saturated heterocycles. The van der Waals surface area contributed by atoms with Crippen LogP contribution in [0.3, 0.4) is 0 Å². The number of fused-ring (bicyclic) bond motifs is 1. The quantitative estimate of drug-likeness (QED) is 0.505. The first kappa shape index (κ1) is 22.9. The molecular formula is C24H29ClN2O4. The van der Waals surface area contributed by atoms with Crippen molar-refractivity contribution in [3.05, 3.63) is 47.5 Å². The molecule has 1 aliphatic heterocycles. The first-order valence-corrected chi connectivity index (χ1v) is 11.2. The van der Waals surface area contributed by atoms with Gasteiger partial charge in [0.1, 0.15) is 11.5 Å². The van der Waals surface area contributed by atoms with Crippen LogP contribution in [0.15, 0.2) is 42.5 Å². The van der Waals surface area contributed by atoms with Gasteiger partial charge < -0.3 is 19.7 Å². The average molecular weight is 445 g/mol. The van der Waals surface area contributed by atoms with Crippen LogP contribution in [-0.4, -0.2) is 31.6 Å². The van der Waals surface area contributed by atoms with E-state index in [2.05, 4.69) is 5.32 Å². The van der Waals surface area contributed by atoms with Gasteiger partial charge in [-0.2, -0.15) is 0 Å². The Morgan fingerprint density at radius 1 is 1.16 bits per heavy atom. The molecule has 2 aromatic rings. The van der Waals surface area contributed by atoms with Gasteiger partial charge in [-0.15, -0.1) is 0 Å². The molecular weight excluding hydrogens is 416 g/mol. The van der Waals surface area contributed by atoms with E-state index in [0.717, 1.165) is 31.4 Å². The maximum Gasteiger partial charge on any atom is 0.265 e. The van der Waals surface area contributed by atoms with E-state index in [4.69, 9.17) is 21.1 Å². The van der Waals surface area contributed by atoms with Gasteiger partial charge in [0, 0.05) is 23.2 Å². The molecule has 0 aromatic heterocycles. The molecule has 3 rings (SSSR count). The van der Waals surface area contributed by atoms with E-state index in [1.165, 1.54) is 0 Å². The van der Waals surface area contributed by atoms with E-state index in [1.807, 2.05) is 38.1 Å². The normalized spacial score (nSPS) is 13.0. The first-order valence-electron chi connectivity index (χ1n) is 10.8. The van der Waals surface area contributed by atoms with Crippen LogP contribution in [0, 0.1) is 5.92 Å². The molecule has 0 aliphatic carbocycles. The minimum absolute atomic E-state index is 0.00102. The zero-order valence-corrected chi connectivity index (χ0v) is 18.8. The van der Waals surface area contributed by atoms with Gasteiger partial charge in [0.2, 0.25) is 5.91 Å². The van der Waals surface area contributed by atoms with E-state index in [0.29, 0.717) is 35.3 Å². The molecule has 7 heteroatoms. The summed E-state index contributed by atoms with van der Waals surface area (Å²) >= 11 is 5.88. The average Bonchev–Trinajstić information content (AvgIpc) is 2.77. The molecule has 1 heterocycles. The third-order valence-electron chi connectivity index (χ3n) is 5.38. The van der Waals surface area contributed by atoms with Crippen molar-refractivity contribution in [3.63, 3.8) is 0 Å². The summed E-state index contributed by atoms with van der Waals surface area (Å²) < 4.78 is 11.3. The number of benzene rings is 2. The zero-order chi connectivity index (χ0) is 22.2. The molecule has 0 fully saturated rings. The highest BCUT2D eigenvalue weighted by atomic mass is 35.5. The van der Waals surface area contributed by atoms with Crippen molar-refractivity contribution in [2.75, 3.05) is 30.0 Å². The Morgan fingerprint density at radius 3 is 2.61 bits per heavy atom. The number of anilines is 2. The van der Waals surface area contributed by atoms with E-state index in [-0.39, 0.29) is 24.3 Å². The van der Waals surface area contributed by atoms with Crippen molar-refractivity contribution < 1.29 is 19.1 Å². The number of carbonyl (C=O) groups is 2. The molecule has 1 aliphatic rings. The Hall–Kier alpha value is -2.73. The fraction of sp³-hybridized carbons (Fsp3) is 0.417. The third-order valence-corrected chi connectivity index (χ3v) is 5.64. The number of hydrogen-bond donors (Lipinski definition) is 1. The van der Waals surface area contributed by atoms with Crippen molar-refractivity contribution in [3.8, 4) is 11.5 Å². The van der Waals surface area contributed by atoms with Crippen molar-refractivity contribution in [2.24, 2.45) is 5.92 Å². The van der Waals surface area contributed by atoms with E-state index < -0.39 is 0 Å². The minimum atomic E-state index is -0.0883. The van der Waals surface area contributed by atoms with Crippen LogP contribution < -0.4 is 19.7 Å². The van der Waals surface area contributed by atoms with Crippen LogP contribution in [0.5, 0.6) is 11.5 Å². The Labute approximate surface area is 188 Å². The van der Waals surface area contributed by atoms with Gasteiger partial charge in [0.05, 0.1) is 12.3 Å². The summed E-state index contributed by atoms with van der Waals surface area (Å²) in [6.07, 6.45) is 3.16. The van der Waals surface area contributed by atoms with Crippen LogP contribution in [0.1, 0.15) is 39.5 Å². The lowest BCUT2D eigenvalue weighted by Crippen LogP contribution is -2.39. The van der Waals surface area contributed by atoms with Gasteiger partial charge in [0.15, 0.2) is 6.61 Å². The van der Waals surface area contributed by atoms with Crippen LogP contribution in [0.4, 0.5) is 11.4 Å². The number of ether oxygens (including phenoxy) is 2. The monoisotopic (exact) mass is 444 g/mol. The summed E-state index contributed by atoms with van der Waals surface area (Å²) in [5.41, 5.74) is 1.36. The van der Waals surface area contributed by atoms with Crippen LogP contribution in [-0.2, 0) is 9.59 Å². The smallest absolute Gasteiger partial charge is 0.265 e. The maximum absolute atomic E-state index is 12.5. The topological polar surface area (TPSA) is 67.9 Å². The van der Waals surface area contributed by atoms with Gasteiger partial charge in [0.25, 0.3) is 5.91 Å². The molecule has 6 nitrogen and oxygen atoms in total. The second-order valence-electron chi connectivity index (χ2n) is 7.53. The van der Waals surface area contributed by atoms with Crippen LogP contribution in [0.2, 0.25) is 5.02 Å². The second kappa shape index (κ2) is 11.0. The Kier molecular flexibility index (Phi) is 8.18. The Morgan fingerprint density at radius 2 is 1.90 bits per heavy atom. The highest BCUT2D eigenvalue weighted by molar-refractivity contribution is 6.30. The molecule has 0 radical (unpaired) electrons. The molecule has 0 atom stereocenters. The minimum Gasteiger partial charge on any atom is -0.494 e. The number of amides is 2. The molecule has 166 valence electrons. The molecule has 2 aromatic carbocycles. The van der Waals surface area contributed by atoms with Gasteiger partial charge in [-0.1, -0.05) is 25.4 Å². The number of unbranched alkanes of at least 4 members (excludes halogenated alkanes) is 1. The summed E-state index contributed by atoms with van der Waals surface area (Å²) in [6, 6.07) is 12.7. The lowest BCUT2D eigenvalue weighted by atomic mass is 10.0. The SMILES string of the molecule is CCC(CC)C(=O)Nc1ccc2c(c1)N(CCCCOc1ccc(Cl)cc1)C(=O)CO2. The Bertz CT molecular complexity index is 897. The fourth-order valence-electron chi connectivity index (χ4n) is 3.52. The second-order valence-corrected chi connectivity index (χ2v) is 7.97. The molecule has 0 saturated carbocycles. The first-order chi connectivity index (χ1) is 15.0. The molecule has 0 spiro atoms. The summed E-state index contributed by atoms with van der Waals surface area (Å²) in [7, 11) is 0. The van der Waals surface area contributed by atoms with Crippen molar-refractivity contribution in [1.29, 1.82) is 0 Å². The lowest BCUT2D eigenvalue weighted by molar-refractivity contribution is -0.121. The standard InChI is InChI=1S/C24H29ClN2O4/c1-3-17(4-2)24(29)26-19-9-12-22-21(15-19)27(23(28)16-31-22)13-5-6-14-30-20-10-7-18(25)8-11-20/h7-12,15,17H,3-6,13-14,16H2,1-2H3,(H,26,29). The number of rotatable bonds is 10. The van der Waals surface area contributed by atoms with Gasteiger partial charge in [-0.05, 0) is 68.1 Å². The highest BCUT2D eigenvalue weighted by Crippen LogP contribution is 2.35. The van der Waals surface area contributed by atoms with Gasteiger partial charge in [-0.25, -0.2) is 0 Å². The zero-order valence-electron chi connectivity index (χ0n) is 18.0. The van der Waals surface area contributed by atoms with E-state index in [9.17, 15) is 9.59 Å². The van der Waals surface area contributed by atoms with Crippen LogP contribution in [0.25, 0.3) is 0 Å². The highest BCUT2D eigenvalue weighted by Gasteiger charge is 2.26. The van der Waals surface area contributed by atoms with E-state index in [1.54, 1.807) is 23.1 Å². The largest absolute Gasteiger partial charge is 0.494 e. The lowest BCUT2D eigenvalue weighted by Gasteiger charge is -2.30. The molecule has 0 bridgehead atoms. The summed E-state index contributed by atoms with van der Waals surface area (Å²) in [6.45, 7) is 5.15. The van der Waals surface area contributed by atoms with Crippen molar-refractivity contribution in [1.82, 2.24) is 0 Å². The summed E-state index contributed by atoms with van der Waals surface area (Å²) in [5, 5.41) is 3.64. The number of nitrogens with one attached hydrogen (secondary N) is 1. The molecule has 2 amide bonds. The van der Waals surface area contributed by atoms with Gasteiger partial charge in [-0.3, -0.25) is 9.59 Å². The van der Waals surface area contributed by atoms with Gasteiger partial charge >= 0.3 is 0 Å². The Balaban J connectivity index is 1.58. The molecule has 31 heavy (non-hydrogen) atoms. The predicted octanol–water partition coefficient (Wildman–Crippen LogP) is 5.30. The maximum atomic E-state index is 12.5. The number of carbonyl (C=O) groups excluding carboxylic acids is 2. The number of nitrogens with zero attached hydrogens (tertiary/aromatic N) is 1. The third kappa shape index (κ3) is 6.14. The summed E-state index contributed by atoms with van der Waals surface area (Å²) in [4.78, 5) is 26.6. The molecule has 1 N–H and O–H groups in total. The molecule has 0 unspecified atom stereocenters. The van der Waals surface area contributed by atoms with Crippen LogP contribution >= 0.6 is 11.6 Å². The fourth-order valence-corrected chi connectivity index (χ4v) is 3.65. The van der Waals surface area contributed by atoms with Crippen molar-refractivity contribution in [2.45, 2.75) is 39.5 Å². The summed E-state index contributed by atoms with van der Waals surface area (Å²) in [5.74, 6) is 1.31. The predicted molar refractivity (Wildman–Crippen MR) is 123 cm³/mol. The number of hydrogen-bond acceptors (Lipinski definition) is 4. The van der Waals surface area contributed by atoms with Crippen molar-refractivity contribution >= 4 is 34.8 Å².